The zero-order chi connectivity index (χ0) is 17.9. The van der Waals surface area contributed by atoms with E-state index in [1.807, 2.05) is 12.1 Å². The molecule has 6 nitrogen and oxygen atoms in total. The van der Waals surface area contributed by atoms with Gasteiger partial charge in [0.05, 0.1) is 27.4 Å². The summed E-state index contributed by atoms with van der Waals surface area (Å²) in [4.78, 5) is 12.9. The average molecular weight is 414 g/mol. The number of nitrogens with one attached hydrogen (secondary N) is 2. The standard InChI is InChI=1S/C19H20BrN5O/c1-12-6-14(9-24-12)26-19-15(20)10-21-11-18(19)25-8-13-2-3-16-17(7-13)23-5-4-22-16/h2-5,7,10-12,14,24-25H,6,8-9H2,1H3/t12-,14+/m0/s1. The molecule has 2 N–H and O–H groups in total. The minimum Gasteiger partial charge on any atom is -0.486 e. The van der Waals surface area contributed by atoms with Gasteiger partial charge in [0.15, 0.2) is 5.75 Å². The summed E-state index contributed by atoms with van der Waals surface area (Å²) in [6.07, 6.45) is 8.14. The smallest absolute Gasteiger partial charge is 0.160 e. The lowest BCUT2D eigenvalue weighted by atomic mass is 10.2. The molecule has 0 bridgehead atoms. The van der Waals surface area contributed by atoms with Gasteiger partial charge in [-0.2, -0.15) is 0 Å². The normalized spacial score (nSPS) is 19.6. The first-order valence-corrected chi connectivity index (χ1v) is 9.45. The molecule has 2 atom stereocenters. The number of benzene rings is 1. The summed E-state index contributed by atoms with van der Waals surface area (Å²) in [5.74, 6) is 0.807. The quantitative estimate of drug-likeness (QED) is 0.666. The molecule has 7 heteroatoms. The summed E-state index contributed by atoms with van der Waals surface area (Å²) < 4.78 is 7.09. The van der Waals surface area contributed by atoms with E-state index in [0.717, 1.165) is 45.5 Å². The Morgan fingerprint density at radius 2 is 2.08 bits per heavy atom. The van der Waals surface area contributed by atoms with Gasteiger partial charge in [0.25, 0.3) is 0 Å². The molecular formula is C19H20BrN5O. The molecule has 4 rings (SSSR count). The van der Waals surface area contributed by atoms with Gasteiger partial charge in [0.2, 0.25) is 0 Å². The molecular weight excluding hydrogens is 394 g/mol. The molecule has 3 aromatic rings. The lowest BCUT2D eigenvalue weighted by Crippen LogP contribution is -2.21. The maximum absolute atomic E-state index is 6.23. The first-order valence-electron chi connectivity index (χ1n) is 8.66. The monoisotopic (exact) mass is 413 g/mol. The third-order valence-corrected chi connectivity index (χ3v) is 5.03. The van der Waals surface area contributed by atoms with E-state index in [0.29, 0.717) is 12.6 Å². The molecule has 0 aliphatic carbocycles. The highest BCUT2D eigenvalue weighted by atomic mass is 79.9. The number of halogens is 1. The van der Waals surface area contributed by atoms with Gasteiger partial charge < -0.3 is 15.4 Å². The van der Waals surface area contributed by atoms with Crippen molar-refractivity contribution in [1.29, 1.82) is 0 Å². The Bertz CT molecular complexity index is 919. The number of hydrogen-bond donors (Lipinski definition) is 2. The van der Waals surface area contributed by atoms with Crippen LogP contribution in [-0.4, -0.2) is 33.6 Å². The van der Waals surface area contributed by atoms with Crippen molar-refractivity contribution in [1.82, 2.24) is 20.3 Å². The van der Waals surface area contributed by atoms with Crippen LogP contribution in [0.3, 0.4) is 0 Å². The van der Waals surface area contributed by atoms with E-state index in [2.05, 4.69) is 54.5 Å². The van der Waals surface area contributed by atoms with Crippen LogP contribution < -0.4 is 15.4 Å². The average Bonchev–Trinajstić information content (AvgIpc) is 3.07. The fraction of sp³-hybridized carbons (Fsp3) is 0.316. The van der Waals surface area contributed by atoms with E-state index >= 15 is 0 Å². The van der Waals surface area contributed by atoms with Gasteiger partial charge in [-0.3, -0.25) is 15.0 Å². The summed E-state index contributed by atoms with van der Waals surface area (Å²) >= 11 is 3.56. The molecule has 0 amide bonds. The maximum atomic E-state index is 6.23. The molecule has 1 aliphatic rings. The summed E-state index contributed by atoms with van der Waals surface area (Å²) in [6.45, 7) is 3.69. The molecule has 0 unspecified atom stereocenters. The van der Waals surface area contributed by atoms with Crippen LogP contribution in [0.4, 0.5) is 5.69 Å². The molecule has 0 radical (unpaired) electrons. The molecule has 0 saturated carbocycles. The maximum Gasteiger partial charge on any atom is 0.160 e. The molecule has 26 heavy (non-hydrogen) atoms. The fourth-order valence-corrected chi connectivity index (χ4v) is 3.56. The van der Waals surface area contributed by atoms with E-state index in [-0.39, 0.29) is 6.10 Å². The Morgan fingerprint density at radius 3 is 2.88 bits per heavy atom. The number of rotatable bonds is 5. The van der Waals surface area contributed by atoms with E-state index < -0.39 is 0 Å². The van der Waals surface area contributed by atoms with Crippen molar-refractivity contribution in [2.45, 2.75) is 32.0 Å². The van der Waals surface area contributed by atoms with Crippen molar-refractivity contribution in [3.8, 4) is 5.75 Å². The Labute approximate surface area is 160 Å². The summed E-state index contributed by atoms with van der Waals surface area (Å²) in [7, 11) is 0. The molecule has 1 aromatic carbocycles. The van der Waals surface area contributed by atoms with Crippen molar-refractivity contribution < 1.29 is 4.74 Å². The first kappa shape index (κ1) is 17.2. The van der Waals surface area contributed by atoms with Crippen LogP contribution in [0.1, 0.15) is 18.9 Å². The lowest BCUT2D eigenvalue weighted by Gasteiger charge is -2.18. The molecule has 1 saturated heterocycles. The van der Waals surface area contributed by atoms with E-state index in [1.54, 1.807) is 24.8 Å². The SMILES string of the molecule is C[C@H]1C[C@@H](Oc2c(Br)cncc2NCc2ccc3nccnc3c2)CN1. The van der Waals surface area contributed by atoms with Crippen LogP contribution in [0.5, 0.6) is 5.75 Å². The topological polar surface area (TPSA) is 72.0 Å². The molecule has 1 aliphatic heterocycles. The highest BCUT2D eigenvalue weighted by Gasteiger charge is 2.24. The molecule has 2 aromatic heterocycles. The highest BCUT2D eigenvalue weighted by molar-refractivity contribution is 9.10. The van der Waals surface area contributed by atoms with Crippen LogP contribution in [-0.2, 0) is 6.54 Å². The highest BCUT2D eigenvalue weighted by Crippen LogP contribution is 2.34. The number of ether oxygens (including phenoxy) is 1. The van der Waals surface area contributed by atoms with Crippen LogP contribution in [0.2, 0.25) is 0 Å². The van der Waals surface area contributed by atoms with Crippen molar-refractivity contribution >= 4 is 32.7 Å². The van der Waals surface area contributed by atoms with Crippen molar-refractivity contribution in [3.05, 3.63) is 53.0 Å². The fourth-order valence-electron chi connectivity index (χ4n) is 3.14. The van der Waals surface area contributed by atoms with Gasteiger partial charge in [-0.05, 0) is 40.5 Å². The zero-order valence-corrected chi connectivity index (χ0v) is 16.0. The Balaban J connectivity index is 1.51. The second kappa shape index (κ2) is 7.55. The summed E-state index contributed by atoms with van der Waals surface area (Å²) in [6, 6.07) is 6.57. The van der Waals surface area contributed by atoms with Gasteiger partial charge in [-0.15, -0.1) is 0 Å². The van der Waals surface area contributed by atoms with Crippen LogP contribution in [0.25, 0.3) is 11.0 Å². The number of anilines is 1. The number of hydrogen-bond acceptors (Lipinski definition) is 6. The predicted molar refractivity (Wildman–Crippen MR) is 105 cm³/mol. The third kappa shape index (κ3) is 3.78. The van der Waals surface area contributed by atoms with Gasteiger partial charge in [0.1, 0.15) is 6.10 Å². The molecule has 3 heterocycles. The lowest BCUT2D eigenvalue weighted by molar-refractivity contribution is 0.220. The van der Waals surface area contributed by atoms with Gasteiger partial charge in [-0.1, -0.05) is 6.07 Å². The number of fused-ring (bicyclic) bond motifs is 1. The van der Waals surface area contributed by atoms with Crippen molar-refractivity contribution in [2.75, 3.05) is 11.9 Å². The molecule has 134 valence electrons. The van der Waals surface area contributed by atoms with Crippen molar-refractivity contribution in [2.24, 2.45) is 0 Å². The van der Waals surface area contributed by atoms with Gasteiger partial charge >= 0.3 is 0 Å². The van der Waals surface area contributed by atoms with Gasteiger partial charge in [-0.25, -0.2) is 0 Å². The predicted octanol–water partition coefficient (Wildman–Crippen LogP) is 3.53. The second-order valence-corrected chi connectivity index (χ2v) is 7.37. The molecule has 1 fully saturated rings. The zero-order valence-electron chi connectivity index (χ0n) is 14.4. The number of nitrogens with zero attached hydrogens (tertiary/aromatic N) is 3. The van der Waals surface area contributed by atoms with E-state index in [9.17, 15) is 0 Å². The van der Waals surface area contributed by atoms with Gasteiger partial charge in [0, 0.05) is 44.1 Å². The van der Waals surface area contributed by atoms with Crippen molar-refractivity contribution in [3.63, 3.8) is 0 Å². The second-order valence-electron chi connectivity index (χ2n) is 6.52. The largest absolute Gasteiger partial charge is 0.486 e. The minimum absolute atomic E-state index is 0.167. The first-order chi connectivity index (χ1) is 12.7. The Morgan fingerprint density at radius 1 is 1.23 bits per heavy atom. The minimum atomic E-state index is 0.167. The Kier molecular flexibility index (Phi) is 4.99. The third-order valence-electron chi connectivity index (χ3n) is 4.46. The summed E-state index contributed by atoms with van der Waals surface area (Å²) in [5.41, 5.74) is 3.78. The van der Waals surface area contributed by atoms with E-state index in [4.69, 9.17) is 4.74 Å². The number of pyridine rings is 1. The van der Waals surface area contributed by atoms with Crippen LogP contribution >= 0.6 is 15.9 Å². The van der Waals surface area contributed by atoms with Crippen LogP contribution in [0, 0.1) is 0 Å². The number of aromatic nitrogens is 3. The molecule has 0 spiro atoms. The van der Waals surface area contributed by atoms with E-state index in [1.165, 1.54) is 0 Å². The van der Waals surface area contributed by atoms with Crippen LogP contribution in [0.15, 0.2) is 47.5 Å². The Hall–Kier alpha value is -2.25. The summed E-state index contributed by atoms with van der Waals surface area (Å²) in [5, 5.41) is 6.85.